The maximum atomic E-state index is 13.6. The number of fused-ring (bicyclic) bond motifs is 1. The average Bonchev–Trinajstić information content (AvgIpc) is 3.44. The third-order valence-corrected chi connectivity index (χ3v) is 8.13. The molecule has 2 aromatic heterocycles. The summed E-state index contributed by atoms with van der Waals surface area (Å²) in [5.74, 6) is 0.295. The van der Waals surface area contributed by atoms with Crippen LogP contribution in [0.15, 0.2) is 41.8 Å². The van der Waals surface area contributed by atoms with Crippen LogP contribution in [0.5, 0.6) is 11.6 Å². The van der Waals surface area contributed by atoms with Gasteiger partial charge in [0.15, 0.2) is 11.2 Å². The lowest BCUT2D eigenvalue weighted by Gasteiger charge is -2.24. The molecule has 0 amide bonds. The first kappa shape index (κ1) is 28.9. The van der Waals surface area contributed by atoms with Crippen molar-refractivity contribution in [2.45, 2.75) is 44.4 Å². The van der Waals surface area contributed by atoms with E-state index in [0.717, 1.165) is 0 Å². The number of aromatic nitrogens is 4. The van der Waals surface area contributed by atoms with E-state index in [0.29, 0.717) is 6.61 Å². The maximum Gasteiger partial charge on any atom is 0.459 e. The summed E-state index contributed by atoms with van der Waals surface area (Å²) in [6, 6.07) is 6.21. The molecule has 4 N–H and O–H groups in total. The van der Waals surface area contributed by atoms with Crippen molar-refractivity contribution in [1.82, 2.24) is 24.6 Å². The Morgan fingerprint density at radius 1 is 1.41 bits per heavy atom. The summed E-state index contributed by atoms with van der Waals surface area (Å²) in [5.41, 5.74) is 15.5. The molecule has 208 valence electrons. The second-order valence-corrected chi connectivity index (χ2v) is 11.0. The van der Waals surface area contributed by atoms with Gasteiger partial charge in [-0.2, -0.15) is 9.97 Å². The molecule has 1 aliphatic rings. The van der Waals surface area contributed by atoms with Gasteiger partial charge in [-0.05, 0) is 31.5 Å². The monoisotopic (exact) mass is 673 g/mol. The summed E-state index contributed by atoms with van der Waals surface area (Å²) >= 11 is 1.56. The van der Waals surface area contributed by atoms with E-state index in [1.807, 2.05) is 0 Å². The number of hydrogen-bond donors (Lipinski definition) is 3. The number of ether oxygens (including phenoxy) is 2. The molecule has 18 heteroatoms. The number of nitrogen functional groups attached to an aromatic ring is 1. The van der Waals surface area contributed by atoms with E-state index in [9.17, 15) is 14.5 Å². The molecular weight excluding hydrogens is 648 g/mol. The van der Waals surface area contributed by atoms with Crippen molar-refractivity contribution >= 4 is 51.2 Å². The zero-order chi connectivity index (χ0) is 28.2. The van der Waals surface area contributed by atoms with Crippen LogP contribution < -0.4 is 20.1 Å². The summed E-state index contributed by atoms with van der Waals surface area (Å²) in [6.07, 6.45) is -2.24. The molecule has 4 rings (SSSR count). The summed E-state index contributed by atoms with van der Waals surface area (Å²) in [4.78, 5) is 27.2. The third-order valence-electron chi connectivity index (χ3n) is 5.55. The first-order valence-corrected chi connectivity index (χ1v) is 14.2. The van der Waals surface area contributed by atoms with Crippen LogP contribution in [-0.4, -0.2) is 65.9 Å². The van der Waals surface area contributed by atoms with E-state index < -0.39 is 44.9 Å². The van der Waals surface area contributed by atoms with Crippen molar-refractivity contribution in [3.63, 3.8) is 0 Å². The number of benzene rings is 1. The number of carbonyl (C=O) groups is 1. The van der Waals surface area contributed by atoms with Gasteiger partial charge in [0.25, 0.3) is 0 Å². The van der Waals surface area contributed by atoms with Crippen LogP contribution in [0.4, 0.5) is 5.95 Å². The molecule has 6 atom stereocenters. The lowest BCUT2D eigenvalue weighted by atomic mass is 10.1. The molecule has 1 fully saturated rings. The Hall–Kier alpha value is -3.05. The number of aliphatic hydroxyl groups is 1. The number of anilines is 1. The first-order valence-electron chi connectivity index (χ1n) is 11.6. The standard InChI is InChI=1S/C21H25IN9O7P/c1-3-35-19-15-18(26-21(23)27-19)31(10-25-15)20-14(28-30-24)16(32)13(37-20)9-36-39(34,29-11(2)17(22)33)38-12-7-5-4-6-8-12/h4-8,10-11,13-14,16,20,32H,3,9H2,1-2H3,(H,29,34)(H2,23,26,27)/t11-,13+,14+,16+,20+,39+/m0/s1. The predicted octanol–water partition coefficient (Wildman–Crippen LogP) is 2.89. The fourth-order valence-corrected chi connectivity index (χ4v) is 5.70. The summed E-state index contributed by atoms with van der Waals surface area (Å²) in [7, 11) is -4.15. The highest BCUT2D eigenvalue weighted by Gasteiger charge is 2.46. The predicted molar refractivity (Wildman–Crippen MR) is 146 cm³/mol. The molecule has 1 aliphatic heterocycles. The van der Waals surface area contributed by atoms with Gasteiger partial charge in [0.2, 0.25) is 15.6 Å². The molecule has 0 radical (unpaired) electrons. The fraction of sp³-hybridized carbons (Fsp3) is 0.429. The normalized spacial score (nSPS) is 23.1. The fourth-order valence-electron chi connectivity index (χ4n) is 3.78. The van der Waals surface area contributed by atoms with Crippen molar-refractivity contribution in [1.29, 1.82) is 0 Å². The smallest absolute Gasteiger partial charge is 0.459 e. The summed E-state index contributed by atoms with van der Waals surface area (Å²) in [6.45, 7) is 3.12. The Bertz CT molecular complexity index is 1420. The van der Waals surface area contributed by atoms with Crippen molar-refractivity contribution in [3.8, 4) is 11.6 Å². The van der Waals surface area contributed by atoms with Gasteiger partial charge in [-0.1, -0.05) is 23.3 Å². The Labute approximate surface area is 235 Å². The molecule has 0 saturated carbocycles. The van der Waals surface area contributed by atoms with Gasteiger partial charge in [0.1, 0.15) is 24.1 Å². The first-order chi connectivity index (χ1) is 18.7. The number of rotatable bonds is 12. The van der Waals surface area contributed by atoms with E-state index in [-0.39, 0.29) is 32.5 Å². The van der Waals surface area contributed by atoms with Crippen LogP contribution in [0.1, 0.15) is 20.1 Å². The van der Waals surface area contributed by atoms with Crippen molar-refractivity contribution in [2.75, 3.05) is 18.9 Å². The van der Waals surface area contributed by atoms with Gasteiger partial charge in [-0.15, -0.1) is 0 Å². The second-order valence-electron chi connectivity index (χ2n) is 8.25. The van der Waals surface area contributed by atoms with Crippen LogP contribution in [-0.2, 0) is 18.6 Å². The number of imidazole rings is 1. The lowest BCUT2D eigenvalue weighted by molar-refractivity contribution is -0.110. The van der Waals surface area contributed by atoms with Gasteiger partial charge in [-0.25, -0.2) is 14.6 Å². The number of halogens is 1. The van der Waals surface area contributed by atoms with Crippen LogP contribution >= 0.6 is 30.3 Å². The van der Waals surface area contributed by atoms with E-state index in [4.69, 9.17) is 29.8 Å². The highest BCUT2D eigenvalue weighted by atomic mass is 127. The maximum absolute atomic E-state index is 13.6. The van der Waals surface area contributed by atoms with E-state index in [1.165, 1.54) is 17.8 Å². The molecule has 3 heterocycles. The molecule has 3 aromatic rings. The molecule has 1 aromatic carbocycles. The molecule has 1 saturated heterocycles. The summed E-state index contributed by atoms with van der Waals surface area (Å²) < 4.78 is 37.4. The Kier molecular flexibility index (Phi) is 9.22. The molecular formula is C21H25IN9O7P. The SMILES string of the molecule is CCOc1nc(N)nc2c1ncn2[C@@H]1O[C@H](CO[P@](=O)(N[C@@H](C)C(=O)I)Oc2ccccc2)[C@@H](O)[C@H]1N=[N+]=[N-]. The van der Waals surface area contributed by atoms with E-state index in [1.54, 1.807) is 59.8 Å². The zero-order valence-electron chi connectivity index (χ0n) is 20.7. The minimum Gasteiger partial charge on any atom is -0.476 e. The number of nitrogens with two attached hydrogens (primary N) is 1. The minimum absolute atomic E-state index is 0.0875. The molecule has 16 nitrogen and oxygen atoms in total. The van der Waals surface area contributed by atoms with Crippen LogP contribution in [0.25, 0.3) is 21.6 Å². The average molecular weight is 673 g/mol. The van der Waals surface area contributed by atoms with Crippen molar-refractivity contribution < 1.29 is 33.0 Å². The number of nitrogens with zero attached hydrogens (tertiary/aromatic N) is 7. The van der Waals surface area contributed by atoms with Gasteiger partial charge < -0.3 is 24.8 Å². The van der Waals surface area contributed by atoms with Gasteiger partial charge >= 0.3 is 7.75 Å². The molecule has 39 heavy (non-hydrogen) atoms. The van der Waals surface area contributed by atoms with Crippen LogP contribution in [0.2, 0.25) is 0 Å². The zero-order valence-corrected chi connectivity index (χ0v) is 23.7. The number of azide groups is 1. The van der Waals surface area contributed by atoms with Crippen LogP contribution in [0.3, 0.4) is 0 Å². The highest BCUT2D eigenvalue weighted by molar-refractivity contribution is 14.1. The minimum atomic E-state index is -4.15. The molecule has 0 bridgehead atoms. The molecule has 0 unspecified atom stereocenters. The summed E-state index contributed by atoms with van der Waals surface area (Å²) in [5, 5.41) is 17.3. The highest BCUT2D eigenvalue weighted by Crippen LogP contribution is 2.46. The Morgan fingerprint density at radius 3 is 2.82 bits per heavy atom. The van der Waals surface area contributed by atoms with Gasteiger partial charge in [0.05, 0.1) is 31.7 Å². The van der Waals surface area contributed by atoms with Crippen molar-refractivity contribution in [3.05, 3.63) is 47.1 Å². The van der Waals surface area contributed by atoms with Gasteiger partial charge in [0, 0.05) is 27.5 Å². The van der Waals surface area contributed by atoms with E-state index >= 15 is 0 Å². The van der Waals surface area contributed by atoms with E-state index in [2.05, 4.69) is 30.1 Å². The number of aliphatic hydroxyl groups excluding tert-OH is 1. The Balaban J connectivity index is 1.60. The topological polar surface area (TPSA) is 222 Å². The molecule has 0 spiro atoms. The lowest BCUT2D eigenvalue weighted by Crippen LogP contribution is -2.35. The van der Waals surface area contributed by atoms with Gasteiger partial charge in [-0.3, -0.25) is 13.9 Å². The number of para-hydroxylation sites is 1. The second kappa shape index (κ2) is 12.4. The van der Waals surface area contributed by atoms with Crippen molar-refractivity contribution in [2.24, 2.45) is 5.11 Å². The molecule has 0 aliphatic carbocycles. The third kappa shape index (κ3) is 6.58. The van der Waals surface area contributed by atoms with Crippen LogP contribution in [0, 0.1) is 0 Å². The quantitative estimate of drug-likeness (QED) is 0.0631. The number of hydrogen-bond acceptors (Lipinski definition) is 12. The number of carbonyl (C=O) groups excluding carboxylic acids is 1. The largest absolute Gasteiger partial charge is 0.476 e. The Morgan fingerprint density at radius 2 is 2.15 bits per heavy atom. The number of nitrogens with one attached hydrogen (secondary N) is 1.